The summed E-state index contributed by atoms with van der Waals surface area (Å²) >= 11 is 0. The molecule has 0 bridgehead atoms. The average Bonchev–Trinajstić information content (AvgIpc) is 2.49. The molecule has 0 heterocycles. The molecule has 1 amide bonds. The van der Waals surface area contributed by atoms with Crippen LogP contribution in [0.15, 0.2) is 42.5 Å². The van der Waals surface area contributed by atoms with E-state index in [4.69, 9.17) is 0 Å². The minimum Gasteiger partial charge on any atom is -0.406 e. The lowest BCUT2D eigenvalue weighted by atomic mass is 10.0. The first kappa shape index (κ1) is 17.8. The summed E-state index contributed by atoms with van der Waals surface area (Å²) < 4.78 is 40.0. The zero-order chi connectivity index (χ0) is 17.7. The number of carbonyl (C=O) groups is 1. The maximum absolute atomic E-state index is 12.1. The average molecular weight is 337 g/mol. The van der Waals surface area contributed by atoms with Crippen LogP contribution in [0.1, 0.15) is 22.3 Å². The fraction of sp³-hybridized carbons (Fsp3) is 0.278. The summed E-state index contributed by atoms with van der Waals surface area (Å²) in [5.41, 5.74) is 3.91. The SMILES string of the molecule is Cc1ccc(CC(=O)NCc2ccc(OC(F)(F)F)cc2)cc1C. The van der Waals surface area contributed by atoms with Gasteiger partial charge in [-0.15, -0.1) is 13.2 Å². The van der Waals surface area contributed by atoms with E-state index in [1.165, 1.54) is 29.8 Å². The van der Waals surface area contributed by atoms with Crippen molar-refractivity contribution in [2.45, 2.75) is 33.2 Å². The zero-order valence-corrected chi connectivity index (χ0v) is 13.4. The summed E-state index contributed by atoms with van der Waals surface area (Å²) in [7, 11) is 0. The van der Waals surface area contributed by atoms with Crippen LogP contribution in [0.4, 0.5) is 13.2 Å². The lowest BCUT2D eigenvalue weighted by molar-refractivity contribution is -0.274. The highest BCUT2D eigenvalue weighted by Crippen LogP contribution is 2.22. The van der Waals surface area contributed by atoms with Crippen molar-refractivity contribution in [2.75, 3.05) is 0 Å². The Morgan fingerprint density at radius 2 is 1.62 bits per heavy atom. The summed E-state index contributed by atoms with van der Waals surface area (Å²) in [6.45, 7) is 4.24. The predicted octanol–water partition coefficient (Wildman–Crippen LogP) is 4.06. The van der Waals surface area contributed by atoms with Crippen molar-refractivity contribution in [3.8, 4) is 5.75 Å². The van der Waals surface area contributed by atoms with E-state index in [2.05, 4.69) is 10.1 Å². The molecule has 0 aliphatic rings. The zero-order valence-electron chi connectivity index (χ0n) is 13.4. The third kappa shape index (κ3) is 5.61. The number of halogens is 3. The molecule has 0 fully saturated rings. The first-order valence-electron chi connectivity index (χ1n) is 7.40. The van der Waals surface area contributed by atoms with E-state index in [9.17, 15) is 18.0 Å². The molecule has 128 valence electrons. The van der Waals surface area contributed by atoms with Gasteiger partial charge in [-0.1, -0.05) is 30.3 Å². The second-order valence-electron chi connectivity index (χ2n) is 5.56. The van der Waals surface area contributed by atoms with E-state index < -0.39 is 6.36 Å². The molecule has 2 rings (SSSR count). The van der Waals surface area contributed by atoms with Gasteiger partial charge >= 0.3 is 6.36 Å². The number of aryl methyl sites for hydroxylation is 2. The van der Waals surface area contributed by atoms with Gasteiger partial charge in [0.25, 0.3) is 0 Å². The number of nitrogens with one attached hydrogen (secondary N) is 1. The summed E-state index contributed by atoms with van der Waals surface area (Å²) in [5, 5.41) is 2.75. The summed E-state index contributed by atoms with van der Waals surface area (Å²) in [6.07, 6.45) is -4.45. The molecular formula is C18H18F3NO2. The molecule has 1 N–H and O–H groups in total. The van der Waals surface area contributed by atoms with Crippen LogP contribution in [0, 0.1) is 13.8 Å². The Morgan fingerprint density at radius 1 is 1.00 bits per heavy atom. The summed E-state index contributed by atoms with van der Waals surface area (Å²) in [6, 6.07) is 11.3. The number of amides is 1. The second-order valence-corrected chi connectivity index (χ2v) is 5.56. The van der Waals surface area contributed by atoms with Gasteiger partial charge in [-0.3, -0.25) is 4.79 Å². The van der Waals surface area contributed by atoms with Gasteiger partial charge < -0.3 is 10.1 Å². The molecule has 2 aromatic rings. The molecule has 0 saturated heterocycles. The van der Waals surface area contributed by atoms with Gasteiger partial charge in [0.15, 0.2) is 0 Å². The molecule has 0 unspecified atom stereocenters. The maximum atomic E-state index is 12.1. The van der Waals surface area contributed by atoms with E-state index in [1.807, 2.05) is 32.0 Å². The molecule has 0 aromatic heterocycles. The number of rotatable bonds is 5. The molecule has 0 spiro atoms. The van der Waals surface area contributed by atoms with Gasteiger partial charge in [-0.05, 0) is 48.2 Å². The Balaban J connectivity index is 1.86. The van der Waals surface area contributed by atoms with Crippen LogP contribution in [-0.4, -0.2) is 12.3 Å². The first-order valence-corrected chi connectivity index (χ1v) is 7.40. The first-order chi connectivity index (χ1) is 11.2. The third-order valence-corrected chi connectivity index (χ3v) is 3.58. The van der Waals surface area contributed by atoms with Crippen molar-refractivity contribution in [1.82, 2.24) is 5.32 Å². The Morgan fingerprint density at radius 3 is 2.21 bits per heavy atom. The molecule has 0 radical (unpaired) electrons. The molecule has 0 saturated carbocycles. The van der Waals surface area contributed by atoms with Crippen molar-refractivity contribution >= 4 is 5.91 Å². The topological polar surface area (TPSA) is 38.3 Å². The fourth-order valence-corrected chi connectivity index (χ4v) is 2.17. The van der Waals surface area contributed by atoms with Crippen molar-refractivity contribution < 1.29 is 22.7 Å². The normalized spacial score (nSPS) is 11.2. The van der Waals surface area contributed by atoms with E-state index in [1.54, 1.807) is 0 Å². The lowest BCUT2D eigenvalue weighted by Gasteiger charge is -2.10. The molecule has 0 aliphatic heterocycles. The van der Waals surface area contributed by atoms with Crippen molar-refractivity contribution in [1.29, 1.82) is 0 Å². The van der Waals surface area contributed by atoms with Crippen LogP contribution in [0.25, 0.3) is 0 Å². The van der Waals surface area contributed by atoms with Crippen LogP contribution in [-0.2, 0) is 17.8 Å². The van der Waals surface area contributed by atoms with Gasteiger partial charge in [0.2, 0.25) is 5.91 Å². The predicted molar refractivity (Wildman–Crippen MR) is 84.6 cm³/mol. The summed E-state index contributed by atoms with van der Waals surface area (Å²) in [4.78, 5) is 12.0. The second kappa shape index (κ2) is 7.38. The van der Waals surface area contributed by atoms with Gasteiger partial charge in [0.05, 0.1) is 6.42 Å². The van der Waals surface area contributed by atoms with Crippen LogP contribution in [0.3, 0.4) is 0 Å². The minimum absolute atomic E-state index is 0.145. The molecular weight excluding hydrogens is 319 g/mol. The van der Waals surface area contributed by atoms with Gasteiger partial charge in [-0.25, -0.2) is 0 Å². The Kier molecular flexibility index (Phi) is 5.49. The van der Waals surface area contributed by atoms with Crippen LogP contribution < -0.4 is 10.1 Å². The largest absolute Gasteiger partial charge is 0.573 e. The molecule has 6 heteroatoms. The Bertz CT molecular complexity index is 709. The molecule has 0 atom stereocenters. The number of hydrogen-bond acceptors (Lipinski definition) is 2. The van der Waals surface area contributed by atoms with Gasteiger partial charge in [-0.2, -0.15) is 0 Å². The molecule has 0 aliphatic carbocycles. The Labute approximate surface area is 138 Å². The van der Waals surface area contributed by atoms with Crippen molar-refractivity contribution in [3.05, 3.63) is 64.7 Å². The van der Waals surface area contributed by atoms with Gasteiger partial charge in [0.1, 0.15) is 5.75 Å². The van der Waals surface area contributed by atoms with E-state index in [0.29, 0.717) is 5.56 Å². The highest BCUT2D eigenvalue weighted by atomic mass is 19.4. The van der Waals surface area contributed by atoms with Crippen molar-refractivity contribution in [3.63, 3.8) is 0 Å². The summed E-state index contributed by atoms with van der Waals surface area (Å²) in [5.74, 6) is -0.429. The van der Waals surface area contributed by atoms with Crippen LogP contribution in [0.2, 0.25) is 0 Å². The van der Waals surface area contributed by atoms with Crippen LogP contribution >= 0.6 is 0 Å². The quantitative estimate of drug-likeness (QED) is 0.893. The monoisotopic (exact) mass is 337 g/mol. The number of alkyl halides is 3. The number of hydrogen-bond donors (Lipinski definition) is 1. The maximum Gasteiger partial charge on any atom is 0.573 e. The van der Waals surface area contributed by atoms with Crippen LogP contribution in [0.5, 0.6) is 5.75 Å². The fourth-order valence-electron chi connectivity index (χ4n) is 2.17. The van der Waals surface area contributed by atoms with E-state index in [-0.39, 0.29) is 24.6 Å². The molecule has 24 heavy (non-hydrogen) atoms. The highest BCUT2D eigenvalue weighted by Gasteiger charge is 2.30. The highest BCUT2D eigenvalue weighted by molar-refractivity contribution is 5.78. The lowest BCUT2D eigenvalue weighted by Crippen LogP contribution is -2.24. The number of carbonyl (C=O) groups excluding carboxylic acids is 1. The third-order valence-electron chi connectivity index (χ3n) is 3.58. The minimum atomic E-state index is -4.71. The number of ether oxygens (including phenoxy) is 1. The van der Waals surface area contributed by atoms with Crippen molar-refractivity contribution in [2.24, 2.45) is 0 Å². The van der Waals surface area contributed by atoms with Gasteiger partial charge in [0, 0.05) is 6.54 Å². The smallest absolute Gasteiger partial charge is 0.406 e. The number of benzene rings is 2. The molecule has 3 nitrogen and oxygen atoms in total. The van der Waals surface area contributed by atoms with E-state index in [0.717, 1.165) is 11.1 Å². The Hall–Kier alpha value is -2.50. The standard InChI is InChI=1S/C18H18F3NO2/c1-12-3-4-15(9-13(12)2)10-17(23)22-11-14-5-7-16(8-6-14)24-18(19,20)21/h3-9H,10-11H2,1-2H3,(H,22,23). The van der Waals surface area contributed by atoms with E-state index >= 15 is 0 Å². The molecule has 2 aromatic carbocycles.